The average Bonchev–Trinajstić information content (AvgIpc) is 2.47. The number of hydrogen-bond acceptors (Lipinski definition) is 4. The Morgan fingerprint density at radius 1 is 1.60 bits per heavy atom. The summed E-state index contributed by atoms with van der Waals surface area (Å²) in [4.78, 5) is 27.3. The van der Waals surface area contributed by atoms with Gasteiger partial charge in [-0.2, -0.15) is 0 Å². The number of nitrogens with two attached hydrogens (primary N) is 1. The van der Waals surface area contributed by atoms with Crippen molar-refractivity contribution in [3.8, 4) is 11.8 Å². The second kappa shape index (κ2) is 6.68. The fourth-order valence-electron chi connectivity index (χ4n) is 1.94. The van der Waals surface area contributed by atoms with Crippen molar-refractivity contribution in [1.29, 1.82) is 0 Å². The van der Waals surface area contributed by atoms with E-state index < -0.39 is 0 Å². The molecule has 1 aliphatic rings. The molecule has 6 heteroatoms. The molecular formula is C14H16N4O2. The van der Waals surface area contributed by atoms with Crippen LogP contribution in [-0.4, -0.2) is 35.9 Å². The highest BCUT2D eigenvalue weighted by atomic mass is 16.2. The molecule has 1 unspecified atom stereocenters. The first-order valence-corrected chi connectivity index (χ1v) is 6.42. The van der Waals surface area contributed by atoms with E-state index in [2.05, 4.69) is 27.5 Å². The quantitative estimate of drug-likeness (QED) is 0.626. The zero-order valence-electron chi connectivity index (χ0n) is 11.0. The van der Waals surface area contributed by atoms with Crippen LogP contribution in [0, 0.1) is 11.8 Å². The SMILES string of the molecule is NCC#Cc1cccnc1C(=O)NC1CCC(=O)NC1. The summed E-state index contributed by atoms with van der Waals surface area (Å²) in [5.41, 5.74) is 6.16. The molecule has 2 rings (SSSR count). The van der Waals surface area contributed by atoms with Gasteiger partial charge in [-0.3, -0.25) is 9.59 Å². The van der Waals surface area contributed by atoms with Gasteiger partial charge in [0.2, 0.25) is 5.91 Å². The zero-order chi connectivity index (χ0) is 14.4. The minimum absolute atomic E-state index is 0.0165. The number of carbonyl (C=O) groups excluding carboxylic acids is 2. The molecule has 0 spiro atoms. The molecule has 0 radical (unpaired) electrons. The number of nitrogens with zero attached hydrogens (tertiary/aromatic N) is 1. The van der Waals surface area contributed by atoms with Crippen LogP contribution in [0.3, 0.4) is 0 Å². The van der Waals surface area contributed by atoms with Crippen molar-refractivity contribution >= 4 is 11.8 Å². The summed E-state index contributed by atoms with van der Waals surface area (Å²) >= 11 is 0. The first-order chi connectivity index (χ1) is 9.70. The zero-order valence-corrected chi connectivity index (χ0v) is 11.0. The first kappa shape index (κ1) is 14.0. The van der Waals surface area contributed by atoms with Crippen LogP contribution in [0.5, 0.6) is 0 Å². The fraction of sp³-hybridized carbons (Fsp3) is 0.357. The van der Waals surface area contributed by atoms with Crippen molar-refractivity contribution in [3.63, 3.8) is 0 Å². The van der Waals surface area contributed by atoms with Gasteiger partial charge in [-0.15, -0.1) is 0 Å². The van der Waals surface area contributed by atoms with Gasteiger partial charge in [0, 0.05) is 25.2 Å². The lowest BCUT2D eigenvalue weighted by Gasteiger charge is -2.23. The monoisotopic (exact) mass is 272 g/mol. The number of rotatable bonds is 2. The molecule has 1 aromatic rings. The predicted molar refractivity (Wildman–Crippen MR) is 73.7 cm³/mol. The number of amides is 2. The Bertz CT molecular complexity index is 564. The molecule has 6 nitrogen and oxygen atoms in total. The molecule has 2 heterocycles. The minimum Gasteiger partial charge on any atom is -0.354 e. The lowest BCUT2D eigenvalue weighted by Crippen LogP contribution is -2.48. The Labute approximate surface area is 117 Å². The summed E-state index contributed by atoms with van der Waals surface area (Å²) in [6.45, 7) is 0.672. The number of aromatic nitrogens is 1. The van der Waals surface area contributed by atoms with Crippen molar-refractivity contribution in [2.75, 3.05) is 13.1 Å². The third-order valence-electron chi connectivity index (χ3n) is 2.95. The standard InChI is InChI=1S/C14H16N4O2/c15-7-1-3-10-4-2-8-16-13(10)14(20)18-11-5-6-12(19)17-9-11/h2,4,8,11H,5-7,9,15H2,(H,17,19)(H,18,20). The predicted octanol–water partition coefficient (Wildman–Crippen LogP) is -0.600. The van der Waals surface area contributed by atoms with Crippen LogP contribution in [0.15, 0.2) is 18.3 Å². The van der Waals surface area contributed by atoms with Crippen molar-refractivity contribution < 1.29 is 9.59 Å². The molecule has 0 aliphatic carbocycles. The maximum absolute atomic E-state index is 12.2. The highest BCUT2D eigenvalue weighted by molar-refractivity contribution is 5.95. The Hall–Kier alpha value is -2.39. The molecule has 0 aromatic carbocycles. The molecule has 20 heavy (non-hydrogen) atoms. The van der Waals surface area contributed by atoms with E-state index >= 15 is 0 Å². The van der Waals surface area contributed by atoms with Crippen LogP contribution in [0.25, 0.3) is 0 Å². The van der Waals surface area contributed by atoms with Crippen molar-refractivity contribution in [2.45, 2.75) is 18.9 Å². The van der Waals surface area contributed by atoms with Crippen molar-refractivity contribution in [1.82, 2.24) is 15.6 Å². The lowest BCUT2D eigenvalue weighted by molar-refractivity contribution is -0.122. The molecular weight excluding hydrogens is 256 g/mol. The molecule has 1 aliphatic heterocycles. The molecule has 1 aromatic heterocycles. The molecule has 1 atom stereocenters. The smallest absolute Gasteiger partial charge is 0.271 e. The molecule has 4 N–H and O–H groups in total. The number of nitrogens with one attached hydrogen (secondary N) is 2. The van der Waals surface area contributed by atoms with E-state index in [1.807, 2.05) is 0 Å². The van der Waals surface area contributed by atoms with Gasteiger partial charge in [0.25, 0.3) is 5.91 Å². The van der Waals surface area contributed by atoms with Gasteiger partial charge in [-0.05, 0) is 18.6 Å². The van der Waals surface area contributed by atoms with E-state index in [0.29, 0.717) is 24.9 Å². The third-order valence-corrected chi connectivity index (χ3v) is 2.95. The van der Waals surface area contributed by atoms with E-state index in [-0.39, 0.29) is 30.1 Å². The lowest BCUT2D eigenvalue weighted by atomic mass is 10.1. The van der Waals surface area contributed by atoms with Gasteiger partial charge in [0.15, 0.2) is 0 Å². The highest BCUT2D eigenvalue weighted by Gasteiger charge is 2.21. The molecule has 104 valence electrons. The molecule has 1 fully saturated rings. The van der Waals surface area contributed by atoms with Crippen LogP contribution in [0.1, 0.15) is 28.9 Å². The van der Waals surface area contributed by atoms with Crippen LogP contribution in [-0.2, 0) is 4.79 Å². The van der Waals surface area contributed by atoms with Crippen molar-refractivity contribution in [3.05, 3.63) is 29.6 Å². The summed E-state index contributed by atoms with van der Waals surface area (Å²) in [6, 6.07) is 3.38. The average molecular weight is 272 g/mol. The van der Waals surface area contributed by atoms with E-state index in [1.54, 1.807) is 18.3 Å². The fourth-order valence-corrected chi connectivity index (χ4v) is 1.94. The molecule has 0 bridgehead atoms. The number of hydrogen-bond donors (Lipinski definition) is 3. The third kappa shape index (κ3) is 3.56. The normalized spacial score (nSPS) is 17.6. The Balaban J connectivity index is 2.07. The second-order valence-electron chi connectivity index (χ2n) is 4.42. The molecule has 1 saturated heterocycles. The van der Waals surface area contributed by atoms with Gasteiger partial charge in [-0.25, -0.2) is 4.98 Å². The van der Waals surface area contributed by atoms with E-state index in [1.165, 1.54) is 0 Å². The largest absolute Gasteiger partial charge is 0.354 e. The van der Waals surface area contributed by atoms with Gasteiger partial charge >= 0.3 is 0 Å². The second-order valence-corrected chi connectivity index (χ2v) is 4.42. The number of carbonyl (C=O) groups is 2. The van der Waals surface area contributed by atoms with Crippen LogP contribution >= 0.6 is 0 Å². The van der Waals surface area contributed by atoms with E-state index in [4.69, 9.17) is 5.73 Å². The van der Waals surface area contributed by atoms with Crippen molar-refractivity contribution in [2.24, 2.45) is 5.73 Å². The van der Waals surface area contributed by atoms with Gasteiger partial charge in [-0.1, -0.05) is 11.8 Å². The molecule has 0 saturated carbocycles. The highest BCUT2D eigenvalue weighted by Crippen LogP contribution is 2.07. The number of piperidine rings is 1. The van der Waals surface area contributed by atoms with E-state index in [0.717, 1.165) is 0 Å². The molecule has 2 amide bonds. The summed E-state index contributed by atoms with van der Waals surface area (Å²) in [5, 5.41) is 5.58. The number of pyridine rings is 1. The van der Waals surface area contributed by atoms with Gasteiger partial charge < -0.3 is 16.4 Å². The topological polar surface area (TPSA) is 97.1 Å². The first-order valence-electron chi connectivity index (χ1n) is 6.42. The summed E-state index contributed by atoms with van der Waals surface area (Å²) in [7, 11) is 0. The van der Waals surface area contributed by atoms with Gasteiger partial charge in [0.1, 0.15) is 5.69 Å². The van der Waals surface area contributed by atoms with Crippen LogP contribution in [0.2, 0.25) is 0 Å². The summed E-state index contributed by atoms with van der Waals surface area (Å²) < 4.78 is 0. The minimum atomic E-state index is -0.284. The Kier molecular flexibility index (Phi) is 4.69. The van der Waals surface area contributed by atoms with E-state index in [9.17, 15) is 9.59 Å². The van der Waals surface area contributed by atoms with Crippen LogP contribution < -0.4 is 16.4 Å². The Morgan fingerprint density at radius 3 is 3.15 bits per heavy atom. The van der Waals surface area contributed by atoms with Gasteiger partial charge in [0.05, 0.1) is 12.1 Å². The maximum atomic E-state index is 12.2. The van der Waals surface area contributed by atoms with Crippen LogP contribution in [0.4, 0.5) is 0 Å². The summed E-state index contributed by atoms with van der Waals surface area (Å²) in [5.74, 6) is 5.27. The maximum Gasteiger partial charge on any atom is 0.271 e. The Morgan fingerprint density at radius 2 is 2.45 bits per heavy atom. The summed E-state index contributed by atoms with van der Waals surface area (Å²) in [6.07, 6.45) is 2.60.